The van der Waals surface area contributed by atoms with E-state index in [0.29, 0.717) is 11.3 Å². The van der Waals surface area contributed by atoms with Gasteiger partial charge in [0.1, 0.15) is 11.5 Å². The fraction of sp³-hybridized carbons (Fsp3) is 0.138. The minimum absolute atomic E-state index is 0.125. The third kappa shape index (κ3) is 3.77. The van der Waals surface area contributed by atoms with Crippen LogP contribution in [-0.2, 0) is 14.5 Å². The quantitative estimate of drug-likeness (QED) is 0.273. The topological polar surface area (TPSA) is 106 Å². The van der Waals surface area contributed by atoms with E-state index in [2.05, 4.69) is 16.2 Å². The molecule has 0 saturated carbocycles. The molecule has 40 heavy (non-hydrogen) atoms. The number of ether oxygens (including phenoxy) is 1. The largest absolute Gasteiger partial charge is 0.508 e. The van der Waals surface area contributed by atoms with Gasteiger partial charge < -0.3 is 15.2 Å². The minimum Gasteiger partial charge on any atom is -0.508 e. The molecule has 2 unspecified atom stereocenters. The minimum atomic E-state index is -1.27. The van der Waals surface area contributed by atoms with E-state index in [-0.39, 0.29) is 41.2 Å². The molecule has 2 amide bonds. The van der Waals surface area contributed by atoms with Gasteiger partial charge in [0, 0.05) is 16.8 Å². The Bertz CT molecular complexity index is 1700. The molecule has 3 aliphatic heterocycles. The van der Waals surface area contributed by atoms with E-state index >= 15 is 0 Å². The van der Waals surface area contributed by atoms with Crippen LogP contribution in [0.15, 0.2) is 84.9 Å². The van der Waals surface area contributed by atoms with Gasteiger partial charge in [-0.3, -0.25) is 20.4 Å². The summed E-state index contributed by atoms with van der Waals surface area (Å²) in [6, 6.07) is 26.0. The van der Waals surface area contributed by atoms with Gasteiger partial charge in [0.2, 0.25) is 4.87 Å². The van der Waals surface area contributed by atoms with Crippen LogP contribution in [-0.4, -0.2) is 44.5 Å². The Kier molecular flexibility index (Phi) is 5.81. The Morgan fingerprint density at radius 2 is 1.77 bits per heavy atom. The summed E-state index contributed by atoms with van der Waals surface area (Å²) >= 11 is 6.96. The van der Waals surface area contributed by atoms with Crippen LogP contribution in [0.4, 0.5) is 5.69 Å². The van der Waals surface area contributed by atoms with Gasteiger partial charge in [-0.1, -0.05) is 60.7 Å². The summed E-state index contributed by atoms with van der Waals surface area (Å²) in [6.45, 7) is 0.149. The molecule has 7 rings (SSSR count). The summed E-state index contributed by atoms with van der Waals surface area (Å²) < 4.78 is 6.15. The number of para-hydroxylation sites is 1. The second-order valence-electron chi connectivity index (χ2n) is 9.65. The van der Waals surface area contributed by atoms with E-state index in [4.69, 9.17) is 17.0 Å². The number of thiocarbonyl (C=S) groups is 1. The van der Waals surface area contributed by atoms with E-state index in [1.165, 1.54) is 16.8 Å². The molecule has 2 atom stereocenters. The maximum absolute atomic E-state index is 13.2. The average molecular weight is 570 g/mol. The summed E-state index contributed by atoms with van der Waals surface area (Å²) in [6.07, 6.45) is 0. The van der Waals surface area contributed by atoms with Gasteiger partial charge in [0.05, 0.1) is 11.8 Å². The van der Waals surface area contributed by atoms with Gasteiger partial charge in [0.15, 0.2) is 11.8 Å². The number of aromatic hydroxyl groups is 1. The molecule has 1 fully saturated rings. The number of amides is 2. The van der Waals surface area contributed by atoms with Crippen molar-refractivity contribution >= 4 is 57.4 Å². The van der Waals surface area contributed by atoms with Crippen LogP contribution in [0.1, 0.15) is 22.7 Å². The van der Waals surface area contributed by atoms with Crippen molar-refractivity contribution < 1.29 is 19.4 Å². The SMILES string of the molecule is O=C1CSC2(C(=O)Nc3ccccc32)N1NC(=S)NN1COc2ccc3ccccc3c2C1c1ccc(O)cc1. The molecule has 4 aromatic rings. The van der Waals surface area contributed by atoms with Crippen LogP contribution < -0.4 is 20.9 Å². The fourth-order valence-corrected chi connectivity index (χ4v) is 7.07. The van der Waals surface area contributed by atoms with Crippen LogP contribution in [0.3, 0.4) is 0 Å². The predicted molar refractivity (Wildman–Crippen MR) is 156 cm³/mol. The molecule has 0 bridgehead atoms. The average Bonchev–Trinajstić information content (AvgIpc) is 3.45. The fourth-order valence-electron chi connectivity index (χ4n) is 5.60. The number of phenols is 1. The van der Waals surface area contributed by atoms with E-state index in [1.54, 1.807) is 12.1 Å². The molecular formula is C29H23N5O4S2. The number of hydrazine groups is 2. The first kappa shape index (κ1) is 24.7. The number of phenolic OH excluding ortho intramolecular Hbond substituents is 1. The first-order valence-electron chi connectivity index (χ1n) is 12.6. The van der Waals surface area contributed by atoms with Gasteiger partial charge >= 0.3 is 0 Å². The summed E-state index contributed by atoms with van der Waals surface area (Å²) in [5.74, 6) is 0.472. The number of carbonyl (C=O) groups excluding carboxylic acids is 2. The highest BCUT2D eigenvalue weighted by atomic mass is 32.2. The van der Waals surface area contributed by atoms with Crippen molar-refractivity contribution in [3.63, 3.8) is 0 Å². The lowest BCUT2D eigenvalue weighted by Gasteiger charge is -2.39. The summed E-state index contributed by atoms with van der Waals surface area (Å²) in [4.78, 5) is 25.0. The van der Waals surface area contributed by atoms with E-state index < -0.39 is 4.87 Å². The molecule has 1 spiro atoms. The highest BCUT2D eigenvalue weighted by molar-refractivity contribution is 8.02. The molecule has 0 aromatic heterocycles. The van der Waals surface area contributed by atoms with Crippen molar-refractivity contribution in [3.05, 3.63) is 102 Å². The van der Waals surface area contributed by atoms with Crippen molar-refractivity contribution in [2.75, 3.05) is 17.8 Å². The second kappa shape index (κ2) is 9.40. The Balaban J connectivity index is 1.23. The van der Waals surface area contributed by atoms with Gasteiger partial charge in [-0.2, -0.15) is 5.01 Å². The van der Waals surface area contributed by atoms with Crippen molar-refractivity contribution in [1.29, 1.82) is 0 Å². The number of thioether (sulfide) groups is 1. The highest BCUT2D eigenvalue weighted by Crippen LogP contribution is 2.51. The molecule has 11 heteroatoms. The van der Waals surface area contributed by atoms with Gasteiger partial charge in [-0.15, -0.1) is 11.8 Å². The zero-order valence-electron chi connectivity index (χ0n) is 21.0. The van der Waals surface area contributed by atoms with Crippen molar-refractivity contribution in [3.8, 4) is 11.5 Å². The molecule has 1 saturated heterocycles. The molecule has 0 radical (unpaired) electrons. The maximum atomic E-state index is 13.2. The standard InChI is InChI=1S/C29H23N5O4S2/c35-19-12-9-18(10-13-19)26-25-20-6-2-1-5-17(20)11-14-23(25)38-16-33(26)31-28(39)32-34-24(36)15-40-29(34)21-7-3-4-8-22(21)30-27(29)37/h1-14,26,35H,15-16H2,(H,30,37)(H2,31,32,39). The van der Waals surface area contributed by atoms with Crippen molar-refractivity contribution in [2.24, 2.45) is 0 Å². The van der Waals surface area contributed by atoms with Crippen molar-refractivity contribution in [1.82, 2.24) is 20.9 Å². The van der Waals surface area contributed by atoms with Crippen LogP contribution in [0.5, 0.6) is 11.5 Å². The lowest BCUT2D eigenvalue weighted by Crippen LogP contribution is -2.60. The Labute approximate surface area is 239 Å². The van der Waals surface area contributed by atoms with E-state index in [0.717, 1.165) is 27.6 Å². The van der Waals surface area contributed by atoms with Crippen molar-refractivity contribution in [2.45, 2.75) is 10.9 Å². The summed E-state index contributed by atoms with van der Waals surface area (Å²) in [5.41, 5.74) is 9.44. The molecule has 4 N–H and O–H groups in total. The van der Waals surface area contributed by atoms with Crippen LogP contribution in [0.25, 0.3) is 10.8 Å². The Hall–Kier alpha value is -4.32. The molecule has 3 aliphatic rings. The Morgan fingerprint density at radius 3 is 2.62 bits per heavy atom. The molecule has 4 aromatic carbocycles. The molecular weight excluding hydrogens is 546 g/mol. The lowest BCUT2D eigenvalue weighted by molar-refractivity contribution is -0.138. The van der Waals surface area contributed by atoms with Gasteiger partial charge in [-0.05, 0) is 52.8 Å². The van der Waals surface area contributed by atoms with E-state index in [1.807, 2.05) is 77.8 Å². The third-order valence-electron chi connectivity index (χ3n) is 7.36. The number of hydrogen-bond donors (Lipinski definition) is 4. The number of nitrogens with one attached hydrogen (secondary N) is 3. The Morgan fingerprint density at radius 1 is 1.00 bits per heavy atom. The number of hydrogen-bond acceptors (Lipinski definition) is 7. The van der Waals surface area contributed by atoms with Crippen LogP contribution >= 0.6 is 24.0 Å². The zero-order chi connectivity index (χ0) is 27.4. The van der Waals surface area contributed by atoms with Gasteiger partial charge in [0.25, 0.3) is 11.8 Å². The number of fused-ring (bicyclic) bond motifs is 5. The number of rotatable bonds is 3. The van der Waals surface area contributed by atoms with Crippen LogP contribution in [0.2, 0.25) is 0 Å². The first-order chi connectivity index (χ1) is 19.5. The smallest absolute Gasteiger partial charge is 0.267 e. The highest BCUT2D eigenvalue weighted by Gasteiger charge is 2.58. The monoisotopic (exact) mass is 569 g/mol. The molecule has 200 valence electrons. The molecule has 9 nitrogen and oxygen atoms in total. The molecule has 0 aliphatic carbocycles. The van der Waals surface area contributed by atoms with Gasteiger partial charge in [-0.25, -0.2) is 5.01 Å². The molecule has 3 heterocycles. The maximum Gasteiger partial charge on any atom is 0.267 e. The first-order valence-corrected chi connectivity index (χ1v) is 14.0. The zero-order valence-corrected chi connectivity index (χ0v) is 22.6. The summed E-state index contributed by atoms with van der Waals surface area (Å²) in [7, 11) is 0. The second-order valence-corrected chi connectivity index (χ2v) is 11.2. The van der Waals surface area contributed by atoms with E-state index in [9.17, 15) is 14.7 Å². The summed E-state index contributed by atoms with van der Waals surface area (Å²) in [5, 5.41) is 18.2. The predicted octanol–water partition coefficient (Wildman–Crippen LogP) is 3.96. The third-order valence-corrected chi connectivity index (χ3v) is 8.94. The lowest BCUT2D eigenvalue weighted by atomic mass is 9.91. The number of benzene rings is 4. The normalized spacial score (nSPS) is 21.6. The number of anilines is 1. The number of nitrogens with zero attached hydrogens (tertiary/aromatic N) is 2. The number of carbonyl (C=O) groups is 2. The van der Waals surface area contributed by atoms with Crippen LogP contribution in [0, 0.1) is 0 Å².